The zero-order valence-corrected chi connectivity index (χ0v) is 60.1. The van der Waals surface area contributed by atoms with E-state index in [2.05, 4.69) is 21.3 Å². The van der Waals surface area contributed by atoms with Gasteiger partial charge in [-0.25, -0.2) is 0 Å². The first-order valence-corrected chi connectivity index (χ1v) is 35.6. The Labute approximate surface area is 634 Å². The molecule has 29 N–H and O–H groups in total. The molecule has 9 fully saturated rings. The smallest absolute Gasteiger partial charge is 0.217 e. The Hall–Kier alpha value is -3.80. The molecule has 0 bridgehead atoms. The molecule has 50 nitrogen and oxygen atoms in total. The second-order valence-corrected chi connectivity index (χ2v) is 28.2. The topological polar surface area (TPSA) is 779 Å². The molecule has 0 aliphatic carbocycles. The highest BCUT2D eigenvalue weighted by molar-refractivity contribution is 5.74. The Balaban J connectivity index is 1.03. The van der Waals surface area contributed by atoms with Gasteiger partial charge in [-0.3, -0.25) is 19.2 Å². The normalized spacial score (nSPS) is 48.9. The largest absolute Gasteiger partial charge is 0.394 e. The highest BCUT2D eigenvalue weighted by Gasteiger charge is 2.61. The van der Waals surface area contributed by atoms with Crippen LogP contribution in [0.3, 0.4) is 0 Å². The Morgan fingerprint density at radius 2 is 0.491 bits per heavy atom. The van der Waals surface area contributed by atoms with Crippen LogP contribution in [0.1, 0.15) is 27.7 Å². The van der Waals surface area contributed by atoms with Crippen molar-refractivity contribution < 1.29 is 227 Å². The van der Waals surface area contributed by atoms with Crippen molar-refractivity contribution >= 4 is 23.6 Å². The lowest BCUT2D eigenvalue weighted by Gasteiger charge is -2.51. The van der Waals surface area contributed by atoms with E-state index in [1.807, 2.05) is 0 Å². The highest BCUT2D eigenvalue weighted by Crippen LogP contribution is 2.40. The van der Waals surface area contributed by atoms with Crippen LogP contribution in [0.2, 0.25) is 0 Å². The Kier molecular flexibility index (Phi) is 33.1. The molecule has 4 amide bonds. The van der Waals surface area contributed by atoms with Crippen LogP contribution >= 0.6 is 0 Å². The number of rotatable bonds is 29. The van der Waals surface area contributed by atoms with Crippen LogP contribution in [0.5, 0.6) is 0 Å². The summed E-state index contributed by atoms with van der Waals surface area (Å²) in [5.74, 6) is -3.55. The van der Waals surface area contributed by atoms with E-state index in [4.69, 9.17) is 80.5 Å². The molecule has 648 valence electrons. The van der Waals surface area contributed by atoms with Crippen LogP contribution in [0.15, 0.2) is 0 Å². The molecular weight excluding hydrogens is 1540 g/mol. The van der Waals surface area contributed by atoms with Crippen molar-refractivity contribution in [1.82, 2.24) is 21.3 Å². The number of hydrogen-bond donors (Lipinski definition) is 29. The number of carbonyl (C=O) groups excluding carboxylic acids is 4. The first-order valence-electron chi connectivity index (χ1n) is 35.6. The number of carbonyl (C=O) groups is 4. The molecule has 9 rings (SSSR count). The molecule has 9 aliphatic rings. The fourth-order valence-corrected chi connectivity index (χ4v) is 14.5. The van der Waals surface area contributed by atoms with Gasteiger partial charge in [0.1, 0.15) is 219 Å². The molecule has 0 aromatic carbocycles. The van der Waals surface area contributed by atoms with Crippen LogP contribution in [0.4, 0.5) is 0 Å². The summed E-state index contributed by atoms with van der Waals surface area (Å²) in [6, 6.07) is -7.30. The van der Waals surface area contributed by atoms with Crippen LogP contribution in [0, 0.1) is 0 Å². The van der Waals surface area contributed by atoms with Gasteiger partial charge < -0.3 is 229 Å². The zero-order chi connectivity index (χ0) is 82.5. The molecule has 0 unspecified atom stereocenters. The Morgan fingerprint density at radius 1 is 0.232 bits per heavy atom. The average molecular weight is 1640 g/mol. The third-order valence-electron chi connectivity index (χ3n) is 20.4. The lowest BCUT2D eigenvalue weighted by molar-refractivity contribution is -0.399. The average Bonchev–Trinajstić information content (AvgIpc) is 0.764. The summed E-state index contributed by atoms with van der Waals surface area (Å²) in [6.45, 7) is -5.91. The minimum atomic E-state index is -2.57. The summed E-state index contributed by atoms with van der Waals surface area (Å²) in [5, 5.41) is 287. The zero-order valence-electron chi connectivity index (χ0n) is 60.1. The second-order valence-electron chi connectivity index (χ2n) is 28.2. The third-order valence-corrected chi connectivity index (χ3v) is 20.4. The van der Waals surface area contributed by atoms with Gasteiger partial charge in [0.05, 0.1) is 59.5 Å². The van der Waals surface area contributed by atoms with Crippen molar-refractivity contribution in [2.45, 2.75) is 304 Å². The fourth-order valence-electron chi connectivity index (χ4n) is 14.5. The summed E-state index contributed by atoms with van der Waals surface area (Å²) in [5.41, 5.74) is 0. The molecule has 0 aromatic heterocycles. The maximum absolute atomic E-state index is 13.1. The van der Waals surface area contributed by atoms with Gasteiger partial charge in [-0.2, -0.15) is 0 Å². The van der Waals surface area contributed by atoms with Crippen LogP contribution in [0.25, 0.3) is 0 Å². The molecule has 9 heterocycles. The van der Waals surface area contributed by atoms with E-state index in [1.165, 1.54) is 0 Å². The summed E-state index contributed by atoms with van der Waals surface area (Å²) >= 11 is 0. The van der Waals surface area contributed by atoms with Gasteiger partial charge in [0.2, 0.25) is 23.6 Å². The minimum Gasteiger partial charge on any atom is -0.394 e. The summed E-state index contributed by atoms with van der Waals surface area (Å²) in [7, 11) is 0. The first kappa shape index (κ1) is 92.1. The van der Waals surface area contributed by atoms with E-state index in [-0.39, 0.29) is 0 Å². The molecule has 112 heavy (non-hydrogen) atoms. The quantitative estimate of drug-likeness (QED) is 0.0331. The molecule has 45 atom stereocenters. The number of aliphatic hydroxyl groups excluding tert-OH is 25. The van der Waals surface area contributed by atoms with Crippen LogP contribution < -0.4 is 21.3 Å². The van der Waals surface area contributed by atoms with Crippen molar-refractivity contribution in [3.63, 3.8) is 0 Å². The van der Waals surface area contributed by atoms with Gasteiger partial charge >= 0.3 is 0 Å². The molecule has 0 aromatic rings. The standard InChI is InChI=1S/C62H104N4O46/c1-14(75)63-27-37(85)47(22(9-71)97-54(27)95)106-56-29(65-16(3)77)38(86)49(24(11-73)102-56)108-60-46(94)51(35(83)26(105-60)13-96-61-52(41(89)33(81)20(7-69)100-61)111-55-28(64-15(2)76)36(84)31(79)18(5-67)98-55)110-62-53(42(90)34(82)21(8-70)101-62)112-57-30(66-17(4)78)39(87)48(23(10-72)103-57)107-59-45(93)43(91)50(25(12-74)104-59)109-58-44(92)40(88)32(80)19(6-68)99-58/h18-62,67-74,79-95H,5-13H2,1-4H3,(H,63,75)(H,64,76)(H,65,77)(H,66,78)/t18-,19-,20-,21-,22-,23-,24-,25-,26-,27-,28-,29-,30-,31-,32+,33-,34-,35-,36-,37-,38-,39-,40+,41+,42+,43-,44-,45-,46+,47-,48-,49-,50+,51+,52+,53+,54-,55+,56+,57+,58+,59+,60+,61+,62-/m1/s1. The highest BCUT2D eigenvalue weighted by atomic mass is 16.8. The van der Waals surface area contributed by atoms with Crippen molar-refractivity contribution in [3.05, 3.63) is 0 Å². The van der Waals surface area contributed by atoms with Gasteiger partial charge in [0.25, 0.3) is 0 Å². The van der Waals surface area contributed by atoms with E-state index < -0.39 is 359 Å². The lowest BCUT2D eigenvalue weighted by Crippen LogP contribution is -2.71. The number of hydrogen-bond acceptors (Lipinski definition) is 46. The predicted octanol–water partition coefficient (Wildman–Crippen LogP) is -20.1. The van der Waals surface area contributed by atoms with Gasteiger partial charge in [-0.1, -0.05) is 0 Å². The van der Waals surface area contributed by atoms with Gasteiger partial charge in [-0.05, 0) is 0 Å². The van der Waals surface area contributed by atoms with Crippen molar-refractivity contribution in [3.8, 4) is 0 Å². The van der Waals surface area contributed by atoms with E-state index in [1.54, 1.807) is 0 Å². The Morgan fingerprint density at radius 3 is 0.911 bits per heavy atom. The number of ether oxygens (including phenoxy) is 17. The Bertz CT molecular complexity index is 2970. The lowest BCUT2D eigenvalue weighted by atomic mass is 9.93. The summed E-state index contributed by atoms with van der Waals surface area (Å²) in [4.78, 5) is 50.6. The van der Waals surface area contributed by atoms with Gasteiger partial charge in [0, 0.05) is 27.7 Å². The third kappa shape index (κ3) is 20.2. The number of amides is 4. The molecule has 9 aliphatic heterocycles. The predicted molar refractivity (Wildman–Crippen MR) is 343 cm³/mol. The second kappa shape index (κ2) is 40.3. The molecule has 0 radical (unpaired) electrons. The minimum absolute atomic E-state index is 0.784. The van der Waals surface area contributed by atoms with Gasteiger partial charge in [-0.15, -0.1) is 0 Å². The molecule has 50 heteroatoms. The molecule has 0 saturated carbocycles. The van der Waals surface area contributed by atoms with Crippen LogP contribution in [-0.4, -0.2) is 487 Å². The van der Waals surface area contributed by atoms with Crippen molar-refractivity contribution in [1.29, 1.82) is 0 Å². The molecule has 9 saturated heterocycles. The number of nitrogens with one attached hydrogen (secondary N) is 4. The fraction of sp³-hybridized carbons (Fsp3) is 0.935. The maximum Gasteiger partial charge on any atom is 0.217 e. The SMILES string of the molecule is CC(=O)N[C@@H]1[C@@H](O)[C@H](O[C@@H]2O[C@H](CO)[C@@H](O[C@@H]3O[C@H](CO[C@H]4O[C@H](CO)[C@@H](O)[C@H](O)[C@@H]4O[C@@H]4O[C@H](CO)[C@@H](O)[C@H](O)[C@H]4NC(C)=O)[C@@H](O)[C@H](O[C@H]4O[C@H](CO)[C@@H](O)[C@H](O)[C@@H]4O[C@@H]4O[C@H](CO)[C@@H](O[C@@H]5O[C@H](CO)[C@H](O[C@@H]6O[C@H](CO)[C@H](O)[C@H](O)[C@H]6O)[C@H](O)[C@H]5O)[C@H](O)[C@H]4NC(C)=O)[C@@H]3O)[C@H](O)[C@H]2NC(C)=O)[C@@H](CO)O[C@H]1O. The summed E-state index contributed by atoms with van der Waals surface area (Å²) < 4.78 is 100. The molecular formula is C62H104N4O46. The monoisotopic (exact) mass is 1640 g/mol. The van der Waals surface area contributed by atoms with Crippen molar-refractivity contribution in [2.24, 2.45) is 0 Å². The molecule has 0 spiro atoms. The summed E-state index contributed by atoms with van der Waals surface area (Å²) in [6.07, 6.45) is -84.9. The maximum atomic E-state index is 13.1. The van der Waals surface area contributed by atoms with Crippen LogP contribution in [-0.2, 0) is 99.7 Å². The first-order chi connectivity index (χ1) is 53.0. The van der Waals surface area contributed by atoms with E-state index in [0.717, 1.165) is 27.7 Å². The van der Waals surface area contributed by atoms with Gasteiger partial charge in [0.15, 0.2) is 56.6 Å². The van der Waals surface area contributed by atoms with E-state index in [0.29, 0.717) is 0 Å². The van der Waals surface area contributed by atoms with E-state index >= 15 is 0 Å². The van der Waals surface area contributed by atoms with Crippen molar-refractivity contribution in [2.75, 3.05) is 59.5 Å². The van der Waals surface area contributed by atoms with E-state index in [9.17, 15) is 147 Å². The number of aliphatic hydroxyl groups is 25.